The Morgan fingerprint density at radius 3 is 0.723 bits per heavy atom. The van der Waals surface area contributed by atoms with E-state index in [1.165, 1.54) is 116 Å². The molecule has 0 aliphatic rings. The van der Waals surface area contributed by atoms with E-state index in [4.69, 9.17) is 7.94 Å². The van der Waals surface area contributed by atoms with Crippen LogP contribution in [0.25, 0.3) is 0 Å². The SMILES string of the molecule is CCCCCCCCS(CCCCCC)(CCCCCC)OP(=O)(F)OS(CCCCCC)(CCCCCC)CCCCCCCC. The second kappa shape index (κ2) is 32.7. The largest absolute Gasteiger partial charge is 0.532 e. The average molecular weight is 729 g/mol. The second-order valence-electron chi connectivity index (χ2n) is 14.5. The van der Waals surface area contributed by atoms with E-state index in [-0.39, 0.29) is 0 Å². The molecule has 0 aliphatic heterocycles. The van der Waals surface area contributed by atoms with Crippen molar-refractivity contribution in [2.75, 3.05) is 34.5 Å². The van der Waals surface area contributed by atoms with Gasteiger partial charge in [-0.25, -0.2) is 12.5 Å². The molecule has 0 aromatic rings. The molecule has 0 rings (SSSR count). The highest BCUT2D eigenvalue weighted by atomic mass is 32.3. The predicted octanol–water partition coefficient (Wildman–Crippen LogP) is 16.6. The Kier molecular flexibility index (Phi) is 33.2. The lowest BCUT2D eigenvalue weighted by molar-refractivity contribution is 0.363. The lowest BCUT2D eigenvalue weighted by Crippen LogP contribution is -2.20. The van der Waals surface area contributed by atoms with Crippen molar-refractivity contribution < 1.29 is 16.7 Å². The maximum atomic E-state index is 16.9. The molecule has 0 amide bonds. The summed E-state index contributed by atoms with van der Waals surface area (Å²) in [6.07, 6.45) is 32.9. The lowest BCUT2D eigenvalue weighted by Gasteiger charge is -2.44. The van der Waals surface area contributed by atoms with Gasteiger partial charge in [-0.1, -0.05) is 183 Å². The van der Waals surface area contributed by atoms with Crippen LogP contribution in [0.3, 0.4) is 0 Å². The molecule has 0 bridgehead atoms. The van der Waals surface area contributed by atoms with Gasteiger partial charge in [0.05, 0.1) is 0 Å². The van der Waals surface area contributed by atoms with Crippen LogP contribution in [0, 0.1) is 0 Å². The van der Waals surface area contributed by atoms with E-state index in [1.54, 1.807) is 0 Å². The summed E-state index contributed by atoms with van der Waals surface area (Å²) >= 11 is 0. The molecule has 0 spiro atoms. The van der Waals surface area contributed by atoms with E-state index in [0.717, 1.165) is 98.7 Å². The minimum atomic E-state index is -4.72. The standard InChI is InChI=1S/C40H86FO3PS2/c1-7-13-19-25-27-33-39-46(35-29-21-15-9-3,36-30-22-16-10-4)43-45(41,42)44-47(37-31-23-17-11-5,38-32-24-18-12-6)40-34-28-26-20-14-8-2/h7-40H2,1-6H3. The van der Waals surface area contributed by atoms with Gasteiger partial charge in [-0.2, -0.15) is 0 Å². The van der Waals surface area contributed by atoms with E-state index in [1.807, 2.05) is 0 Å². The van der Waals surface area contributed by atoms with Crippen molar-refractivity contribution in [1.29, 1.82) is 0 Å². The molecule has 0 aliphatic carbocycles. The Bertz CT molecular complexity index is 633. The number of hydrogen-bond donors (Lipinski definition) is 0. The first kappa shape index (κ1) is 47.8. The van der Waals surface area contributed by atoms with Crippen molar-refractivity contribution >= 4 is 28.5 Å². The zero-order valence-corrected chi connectivity index (χ0v) is 35.4. The molecule has 0 aromatic carbocycles. The van der Waals surface area contributed by atoms with Gasteiger partial charge < -0.3 is 0 Å². The first-order valence-corrected chi connectivity index (χ1v) is 26.6. The van der Waals surface area contributed by atoms with E-state index in [2.05, 4.69) is 41.5 Å². The third-order valence-corrected chi connectivity index (χ3v) is 19.9. The first-order valence-electron chi connectivity index (χ1n) is 21.0. The van der Waals surface area contributed by atoms with Crippen LogP contribution in [0.15, 0.2) is 0 Å². The lowest BCUT2D eigenvalue weighted by atomic mass is 10.1. The molecular weight excluding hydrogens is 643 g/mol. The summed E-state index contributed by atoms with van der Waals surface area (Å²) in [7, 11) is -8.36. The van der Waals surface area contributed by atoms with Crippen molar-refractivity contribution in [3.63, 3.8) is 0 Å². The Morgan fingerprint density at radius 1 is 0.340 bits per heavy atom. The molecule has 0 radical (unpaired) electrons. The van der Waals surface area contributed by atoms with E-state index >= 15 is 4.20 Å². The van der Waals surface area contributed by atoms with Gasteiger partial charge in [0.15, 0.2) is 0 Å². The number of unbranched alkanes of at least 4 members (excludes halogenated alkanes) is 22. The zero-order valence-electron chi connectivity index (χ0n) is 32.9. The highest BCUT2D eigenvalue weighted by molar-refractivity contribution is 8.33. The maximum absolute atomic E-state index is 16.9. The fourth-order valence-electron chi connectivity index (χ4n) is 6.68. The Morgan fingerprint density at radius 2 is 0.511 bits per heavy atom. The van der Waals surface area contributed by atoms with Crippen LogP contribution < -0.4 is 0 Å². The summed E-state index contributed by atoms with van der Waals surface area (Å²) in [4.78, 5) is 0. The molecule has 0 aromatic heterocycles. The van der Waals surface area contributed by atoms with Crippen LogP contribution in [-0.4, -0.2) is 34.5 Å². The molecule has 0 fully saturated rings. The summed E-state index contributed by atoms with van der Waals surface area (Å²) in [5.41, 5.74) is 0. The van der Waals surface area contributed by atoms with Gasteiger partial charge in [0.2, 0.25) is 0 Å². The first-order chi connectivity index (χ1) is 22.8. The molecular formula is C40H86FO3PS2. The number of rotatable bonds is 38. The minimum Gasteiger partial charge on any atom is -0.233 e. The van der Waals surface area contributed by atoms with Gasteiger partial charge in [0, 0.05) is 0 Å². The summed E-state index contributed by atoms with van der Waals surface area (Å²) in [5.74, 6) is 5.33. The van der Waals surface area contributed by atoms with Gasteiger partial charge in [0.25, 0.3) is 0 Å². The molecule has 0 atom stereocenters. The smallest absolute Gasteiger partial charge is 0.233 e. The van der Waals surface area contributed by atoms with Crippen LogP contribution in [-0.2, 0) is 12.5 Å². The molecule has 0 saturated heterocycles. The molecule has 47 heavy (non-hydrogen) atoms. The van der Waals surface area contributed by atoms with Gasteiger partial charge in [0.1, 0.15) is 0 Å². The average Bonchev–Trinajstić information content (AvgIpc) is 3.05. The molecule has 0 heterocycles. The van der Waals surface area contributed by atoms with Crippen molar-refractivity contribution in [2.45, 2.75) is 221 Å². The summed E-state index contributed by atoms with van der Waals surface area (Å²) < 4.78 is 44.3. The van der Waals surface area contributed by atoms with Gasteiger partial charge >= 0.3 is 7.91 Å². The minimum absolute atomic E-state index is 0.887. The molecule has 7 heteroatoms. The third kappa shape index (κ3) is 27.1. The molecule has 0 N–H and O–H groups in total. The van der Waals surface area contributed by atoms with Crippen molar-refractivity contribution in [3.05, 3.63) is 0 Å². The molecule has 3 nitrogen and oxygen atoms in total. The predicted molar refractivity (Wildman–Crippen MR) is 219 cm³/mol. The maximum Gasteiger partial charge on any atom is 0.532 e. The van der Waals surface area contributed by atoms with E-state index in [0.29, 0.717) is 0 Å². The molecule has 0 unspecified atom stereocenters. The molecule has 0 saturated carbocycles. The van der Waals surface area contributed by atoms with Gasteiger partial charge in [-0.15, -0.1) is 24.8 Å². The third-order valence-electron chi connectivity index (χ3n) is 9.71. The second-order valence-corrected chi connectivity index (χ2v) is 22.9. The molecule has 288 valence electrons. The monoisotopic (exact) mass is 729 g/mol. The van der Waals surface area contributed by atoms with Crippen molar-refractivity contribution in [1.82, 2.24) is 0 Å². The van der Waals surface area contributed by atoms with Crippen molar-refractivity contribution in [3.8, 4) is 0 Å². The normalized spacial score (nSPS) is 13.4. The van der Waals surface area contributed by atoms with Crippen LogP contribution in [0.5, 0.6) is 0 Å². The van der Waals surface area contributed by atoms with E-state index < -0.39 is 28.5 Å². The topological polar surface area (TPSA) is 35.5 Å². The zero-order chi connectivity index (χ0) is 35.0. The number of hydrogen-bond acceptors (Lipinski definition) is 3. The van der Waals surface area contributed by atoms with Crippen LogP contribution >= 0.6 is 28.5 Å². The van der Waals surface area contributed by atoms with Crippen LogP contribution in [0.4, 0.5) is 4.20 Å². The summed E-state index contributed by atoms with van der Waals surface area (Å²) in [6.45, 7) is 13.5. The van der Waals surface area contributed by atoms with Gasteiger partial charge in [-0.05, 0) is 73.0 Å². The highest BCUT2D eigenvalue weighted by Crippen LogP contribution is 2.73. The van der Waals surface area contributed by atoms with E-state index in [9.17, 15) is 4.57 Å². The quantitative estimate of drug-likeness (QED) is 0.0469. The Balaban J connectivity index is 6.21. The van der Waals surface area contributed by atoms with Gasteiger partial charge in [-0.3, -0.25) is 0 Å². The highest BCUT2D eigenvalue weighted by Gasteiger charge is 2.42. The fourth-order valence-corrected chi connectivity index (χ4v) is 17.4. The fraction of sp³-hybridized carbons (Fsp3) is 1.00. The Hall–Kier alpha value is 0.780. The van der Waals surface area contributed by atoms with Crippen molar-refractivity contribution in [2.24, 2.45) is 0 Å². The summed E-state index contributed by atoms with van der Waals surface area (Å²) in [6, 6.07) is 0. The summed E-state index contributed by atoms with van der Waals surface area (Å²) in [5, 5.41) is 0. The van der Waals surface area contributed by atoms with Crippen LogP contribution in [0.2, 0.25) is 0 Å². The number of halogens is 1. The van der Waals surface area contributed by atoms with Crippen LogP contribution in [0.1, 0.15) is 221 Å². The Labute approximate surface area is 299 Å².